The molecular formula is C38H48N4. The summed E-state index contributed by atoms with van der Waals surface area (Å²) in [5.74, 6) is 0.352. The van der Waals surface area contributed by atoms with Gasteiger partial charge in [0.2, 0.25) is 0 Å². The van der Waals surface area contributed by atoms with Crippen molar-refractivity contribution in [2.45, 2.75) is 88.0 Å². The van der Waals surface area contributed by atoms with Crippen LogP contribution in [0.15, 0.2) is 61.1 Å². The molecule has 0 fully saturated rings. The van der Waals surface area contributed by atoms with E-state index in [-0.39, 0.29) is 0 Å². The van der Waals surface area contributed by atoms with Crippen molar-refractivity contribution in [1.82, 2.24) is 18.9 Å². The van der Waals surface area contributed by atoms with Crippen molar-refractivity contribution in [3.8, 4) is 22.4 Å². The number of aromatic nitrogens is 4. The third-order valence-electron chi connectivity index (χ3n) is 8.19. The summed E-state index contributed by atoms with van der Waals surface area (Å²) in [4.78, 5) is 10.1. The van der Waals surface area contributed by atoms with Gasteiger partial charge in [0, 0.05) is 23.4 Å². The summed E-state index contributed by atoms with van der Waals surface area (Å²) >= 11 is 0. The molecule has 0 aliphatic carbocycles. The average molecular weight is 561 g/mol. The zero-order valence-corrected chi connectivity index (χ0v) is 27.6. The molecule has 220 valence electrons. The quantitative estimate of drug-likeness (QED) is 0.215. The molecule has 0 bridgehead atoms. The van der Waals surface area contributed by atoms with E-state index in [0.29, 0.717) is 5.92 Å². The van der Waals surface area contributed by atoms with Crippen molar-refractivity contribution in [3.63, 3.8) is 0 Å². The van der Waals surface area contributed by atoms with Crippen LogP contribution in [0.4, 0.5) is 0 Å². The van der Waals surface area contributed by atoms with E-state index >= 15 is 0 Å². The highest BCUT2D eigenvalue weighted by atomic mass is 15.2. The molecule has 3 heterocycles. The van der Waals surface area contributed by atoms with Crippen LogP contribution in [0.3, 0.4) is 0 Å². The summed E-state index contributed by atoms with van der Waals surface area (Å²) in [5, 5.41) is 2.40. The number of fused-ring (bicyclic) bond motifs is 6. The number of nitrogens with zero attached hydrogens (tertiary/aromatic N) is 4. The lowest BCUT2D eigenvalue weighted by molar-refractivity contribution is 0.876. The first-order chi connectivity index (χ1) is 20.2. The fourth-order valence-electron chi connectivity index (χ4n) is 6.04. The normalized spacial score (nSPS) is 11.1. The number of rotatable bonds is 4. The van der Waals surface area contributed by atoms with Crippen LogP contribution in [0.5, 0.6) is 0 Å². The Balaban J connectivity index is 0.000000624. The van der Waals surface area contributed by atoms with Crippen molar-refractivity contribution in [2.24, 2.45) is 7.05 Å². The van der Waals surface area contributed by atoms with Gasteiger partial charge in [-0.15, -0.1) is 0 Å². The van der Waals surface area contributed by atoms with Gasteiger partial charge in [-0.05, 0) is 72.6 Å². The van der Waals surface area contributed by atoms with E-state index in [1.54, 1.807) is 0 Å². The van der Waals surface area contributed by atoms with Gasteiger partial charge in [-0.2, -0.15) is 0 Å². The number of aryl methyl sites for hydroxylation is 5. The number of hydrogen-bond acceptors (Lipinski definition) is 2. The summed E-state index contributed by atoms with van der Waals surface area (Å²) in [7, 11) is 2.08. The maximum Gasteiger partial charge on any atom is 0.147 e. The topological polar surface area (TPSA) is 35.1 Å². The monoisotopic (exact) mass is 560 g/mol. The fourth-order valence-corrected chi connectivity index (χ4v) is 6.04. The molecule has 0 saturated carbocycles. The van der Waals surface area contributed by atoms with Gasteiger partial charge < -0.3 is 4.57 Å². The highest BCUT2D eigenvalue weighted by molar-refractivity contribution is 6.18. The van der Waals surface area contributed by atoms with Crippen LogP contribution in [0.25, 0.3) is 50.0 Å². The van der Waals surface area contributed by atoms with Gasteiger partial charge in [0.1, 0.15) is 16.8 Å². The Hall–Kier alpha value is -3.92. The third-order valence-corrected chi connectivity index (χ3v) is 8.19. The van der Waals surface area contributed by atoms with Gasteiger partial charge in [-0.25, -0.2) is 9.97 Å². The lowest BCUT2D eigenvalue weighted by atomic mass is 9.87. The number of benzene rings is 3. The Bertz CT molecular complexity index is 1810. The van der Waals surface area contributed by atoms with Crippen LogP contribution < -0.4 is 0 Å². The van der Waals surface area contributed by atoms with Crippen molar-refractivity contribution < 1.29 is 0 Å². The summed E-state index contributed by atoms with van der Waals surface area (Å²) < 4.78 is 4.47. The Kier molecular flexibility index (Phi) is 9.56. The molecule has 0 spiro atoms. The lowest BCUT2D eigenvalue weighted by Crippen LogP contribution is -2.02. The Morgan fingerprint density at radius 1 is 0.714 bits per heavy atom. The van der Waals surface area contributed by atoms with Crippen LogP contribution in [-0.4, -0.2) is 18.9 Å². The summed E-state index contributed by atoms with van der Waals surface area (Å²) in [6.07, 6.45) is 6.63. The number of hydrogen-bond donors (Lipinski definition) is 0. The molecule has 42 heavy (non-hydrogen) atoms. The summed E-state index contributed by atoms with van der Waals surface area (Å²) in [6.45, 7) is 21.7. The van der Waals surface area contributed by atoms with Gasteiger partial charge in [-0.1, -0.05) is 103 Å². The molecule has 3 aromatic carbocycles. The van der Waals surface area contributed by atoms with Crippen LogP contribution in [0.1, 0.15) is 88.1 Å². The van der Waals surface area contributed by atoms with E-state index in [0.717, 1.165) is 22.5 Å². The largest absolute Gasteiger partial charge is 0.319 e. The Labute approximate surface area is 252 Å². The van der Waals surface area contributed by atoms with Gasteiger partial charge in [-0.3, -0.25) is 4.40 Å². The molecule has 0 atom stereocenters. The predicted molar refractivity (Wildman–Crippen MR) is 183 cm³/mol. The van der Waals surface area contributed by atoms with E-state index in [1.165, 1.54) is 68.1 Å². The average Bonchev–Trinajstić information content (AvgIpc) is 3.57. The zero-order valence-electron chi connectivity index (χ0n) is 27.6. The first kappa shape index (κ1) is 31.0. The smallest absolute Gasteiger partial charge is 0.147 e. The number of imidazole rings is 2. The molecule has 4 heteroatoms. The van der Waals surface area contributed by atoms with Crippen LogP contribution >= 0.6 is 0 Å². The number of pyridine rings is 1. The maximum atomic E-state index is 5.12. The molecule has 6 rings (SSSR count). The lowest BCUT2D eigenvalue weighted by Gasteiger charge is -2.19. The Morgan fingerprint density at radius 2 is 1.26 bits per heavy atom. The molecular weight excluding hydrogens is 512 g/mol. The molecule has 0 aliphatic heterocycles. The fraction of sp³-hybridized carbons (Fsp3) is 0.368. The molecule has 3 aromatic heterocycles. The van der Waals surface area contributed by atoms with Crippen LogP contribution in [0.2, 0.25) is 0 Å². The van der Waals surface area contributed by atoms with E-state index < -0.39 is 0 Å². The maximum absolute atomic E-state index is 5.12. The molecule has 0 N–H and O–H groups in total. The van der Waals surface area contributed by atoms with Crippen LogP contribution in [0, 0.1) is 27.7 Å². The standard InChI is InChI=1S/C32H32N4.C4H10.C2H6/c1-18(2)23-14-15-24(26-19(3)10-8-11-20(26)4)28-29(23)31-33-16-25(27-21(5)12-9-13-22(27)6)36(31)32-30(28)34-17-35(32)7;1-3-4-2;1-2/h8-18H,1-7H3;3-4H2,1-2H3;1-2H3. The summed E-state index contributed by atoms with van der Waals surface area (Å²) in [5.41, 5.74) is 14.3. The van der Waals surface area contributed by atoms with Gasteiger partial charge >= 0.3 is 0 Å². The molecule has 0 saturated heterocycles. The molecule has 6 aromatic rings. The Morgan fingerprint density at radius 3 is 1.79 bits per heavy atom. The summed E-state index contributed by atoms with van der Waals surface area (Å²) in [6, 6.07) is 17.6. The highest BCUT2D eigenvalue weighted by Crippen LogP contribution is 2.43. The van der Waals surface area contributed by atoms with Crippen molar-refractivity contribution in [2.75, 3.05) is 0 Å². The van der Waals surface area contributed by atoms with Gasteiger partial charge in [0.25, 0.3) is 0 Å². The van der Waals surface area contributed by atoms with E-state index in [1.807, 2.05) is 26.4 Å². The first-order valence-electron chi connectivity index (χ1n) is 15.6. The molecule has 0 unspecified atom stereocenters. The minimum atomic E-state index is 0.352. The molecule has 4 nitrogen and oxygen atoms in total. The first-order valence-corrected chi connectivity index (χ1v) is 15.6. The second-order valence-electron chi connectivity index (χ2n) is 11.5. The number of unbranched alkanes of at least 4 members (excludes halogenated alkanes) is 1. The van der Waals surface area contributed by atoms with Crippen molar-refractivity contribution >= 4 is 27.6 Å². The molecule has 0 aliphatic rings. The van der Waals surface area contributed by atoms with Crippen molar-refractivity contribution in [3.05, 3.63) is 88.9 Å². The second kappa shape index (κ2) is 12.9. The van der Waals surface area contributed by atoms with E-state index in [2.05, 4.69) is 120 Å². The minimum absolute atomic E-state index is 0.352. The molecule has 0 radical (unpaired) electrons. The highest BCUT2D eigenvalue weighted by Gasteiger charge is 2.24. The second-order valence-corrected chi connectivity index (χ2v) is 11.5. The zero-order chi connectivity index (χ0) is 30.7. The van der Waals surface area contributed by atoms with E-state index in [9.17, 15) is 0 Å². The SMILES string of the molecule is CC.CCCC.Cc1cccc(C)c1-c1ccc(C(C)C)c2c1c1ncn(C)c1n1c(-c3c(C)cccc3C)cnc21. The predicted octanol–water partition coefficient (Wildman–Crippen LogP) is 10.9. The van der Waals surface area contributed by atoms with Crippen LogP contribution in [-0.2, 0) is 7.05 Å². The minimum Gasteiger partial charge on any atom is -0.319 e. The van der Waals surface area contributed by atoms with E-state index in [4.69, 9.17) is 9.97 Å². The van der Waals surface area contributed by atoms with Gasteiger partial charge in [0.05, 0.1) is 18.2 Å². The van der Waals surface area contributed by atoms with Gasteiger partial charge in [0.15, 0.2) is 0 Å². The molecule has 0 amide bonds. The van der Waals surface area contributed by atoms with Crippen molar-refractivity contribution in [1.29, 1.82) is 0 Å². The third kappa shape index (κ3) is 5.24.